The summed E-state index contributed by atoms with van der Waals surface area (Å²) in [6.07, 6.45) is 3.23. The predicted molar refractivity (Wildman–Crippen MR) is 107 cm³/mol. The maximum atomic E-state index is 12.8. The van der Waals surface area contributed by atoms with E-state index in [0.717, 1.165) is 68.6 Å². The molecule has 1 amide bonds. The molecule has 0 radical (unpaired) electrons. The van der Waals surface area contributed by atoms with Gasteiger partial charge in [0, 0.05) is 43.0 Å². The fourth-order valence-electron chi connectivity index (χ4n) is 5.13. The monoisotopic (exact) mass is 383 g/mol. The fraction of sp³-hybridized carbons (Fsp3) is 0.619. The van der Waals surface area contributed by atoms with Crippen LogP contribution in [-0.4, -0.2) is 65.7 Å². The summed E-state index contributed by atoms with van der Waals surface area (Å²) in [6, 6.07) is 8.64. The lowest BCUT2D eigenvalue weighted by atomic mass is 9.88. The van der Waals surface area contributed by atoms with Crippen LogP contribution in [0.4, 0.5) is 0 Å². The van der Waals surface area contributed by atoms with E-state index in [9.17, 15) is 4.79 Å². The van der Waals surface area contributed by atoms with E-state index in [1.807, 2.05) is 12.1 Å². The van der Waals surface area contributed by atoms with Gasteiger partial charge in [0.05, 0.1) is 11.6 Å². The minimum Gasteiger partial charge on any atom is -0.356 e. The number of para-hydroxylation sites is 1. The van der Waals surface area contributed by atoms with E-state index in [0.29, 0.717) is 17.9 Å². The Labute approximate surface area is 165 Å². The maximum absolute atomic E-state index is 12.8. The molecule has 28 heavy (non-hydrogen) atoms. The lowest BCUT2D eigenvalue weighted by Gasteiger charge is -2.37. The number of hydrogen-bond donors (Lipinski definition) is 2. The highest BCUT2D eigenvalue weighted by Gasteiger charge is 2.43. The van der Waals surface area contributed by atoms with Gasteiger partial charge in [-0.15, -0.1) is 0 Å². The Morgan fingerprint density at radius 1 is 1.11 bits per heavy atom. The van der Waals surface area contributed by atoms with Crippen LogP contribution >= 0.6 is 0 Å². The van der Waals surface area contributed by atoms with Crippen molar-refractivity contribution in [1.29, 1.82) is 0 Å². The number of nitrogens with zero attached hydrogens (tertiary/aromatic N) is 3. The number of carbonyl (C=O) groups excluding carboxylic acids is 1. The van der Waals surface area contributed by atoms with Gasteiger partial charge in [-0.3, -0.25) is 15.6 Å². The third kappa shape index (κ3) is 3.21. The van der Waals surface area contributed by atoms with Crippen molar-refractivity contribution < 1.29 is 9.32 Å². The van der Waals surface area contributed by atoms with E-state index in [1.165, 1.54) is 0 Å². The smallest absolute Gasteiger partial charge is 0.228 e. The predicted octanol–water partition coefficient (Wildman–Crippen LogP) is 1.72. The number of rotatable bonds is 4. The number of piperidine rings is 2. The first-order valence-corrected chi connectivity index (χ1v) is 10.6. The quantitative estimate of drug-likeness (QED) is 0.838. The lowest BCUT2D eigenvalue weighted by molar-refractivity contribution is -0.139. The third-order valence-corrected chi connectivity index (χ3v) is 6.84. The van der Waals surface area contributed by atoms with Crippen LogP contribution in [0.3, 0.4) is 0 Å². The molecule has 3 unspecified atom stereocenters. The van der Waals surface area contributed by atoms with Crippen LogP contribution in [-0.2, 0) is 4.79 Å². The number of nitrogens with one attached hydrogen (secondary N) is 2. The summed E-state index contributed by atoms with van der Waals surface area (Å²) in [4.78, 5) is 17.4. The Bertz CT molecular complexity index is 844. The molecule has 0 spiro atoms. The van der Waals surface area contributed by atoms with Crippen LogP contribution in [0.15, 0.2) is 28.8 Å². The number of hydrazine groups is 1. The first kappa shape index (κ1) is 18.1. The Balaban J connectivity index is 1.14. The average Bonchev–Trinajstić information content (AvgIpc) is 3.32. The van der Waals surface area contributed by atoms with E-state index in [2.05, 4.69) is 44.9 Å². The SMILES string of the molecule is CC1NNC2CCN(CCN3CCC(c4noc5ccccc45)CC3)C(=O)C12. The molecule has 4 heterocycles. The number of aromatic nitrogens is 1. The van der Waals surface area contributed by atoms with Gasteiger partial charge in [-0.05, 0) is 51.4 Å². The van der Waals surface area contributed by atoms with Gasteiger partial charge in [0.15, 0.2) is 5.58 Å². The number of likely N-dealkylation sites (tertiary alicyclic amines) is 2. The number of carbonyl (C=O) groups is 1. The lowest BCUT2D eigenvalue weighted by Crippen LogP contribution is -2.52. The summed E-state index contributed by atoms with van der Waals surface area (Å²) in [5, 5.41) is 5.51. The second-order valence-corrected chi connectivity index (χ2v) is 8.50. The van der Waals surface area contributed by atoms with Crippen molar-refractivity contribution in [3.8, 4) is 0 Å². The molecule has 3 aliphatic heterocycles. The fourth-order valence-corrected chi connectivity index (χ4v) is 5.13. The molecule has 7 heteroatoms. The molecule has 0 aliphatic carbocycles. The van der Waals surface area contributed by atoms with Gasteiger partial charge in [-0.1, -0.05) is 17.3 Å². The maximum Gasteiger partial charge on any atom is 0.228 e. The minimum atomic E-state index is 0.0833. The van der Waals surface area contributed by atoms with Crippen molar-refractivity contribution in [2.24, 2.45) is 5.92 Å². The Morgan fingerprint density at radius 3 is 2.79 bits per heavy atom. The highest BCUT2D eigenvalue weighted by atomic mass is 16.5. The molecule has 3 atom stereocenters. The Kier molecular flexibility index (Phi) is 4.82. The van der Waals surface area contributed by atoms with Crippen molar-refractivity contribution in [3.05, 3.63) is 30.0 Å². The zero-order chi connectivity index (χ0) is 19.1. The Morgan fingerprint density at radius 2 is 1.93 bits per heavy atom. The van der Waals surface area contributed by atoms with Crippen molar-refractivity contribution >= 4 is 16.9 Å². The van der Waals surface area contributed by atoms with E-state index >= 15 is 0 Å². The molecule has 1 aromatic carbocycles. The molecule has 3 saturated heterocycles. The van der Waals surface area contributed by atoms with Crippen molar-refractivity contribution in [2.45, 2.75) is 44.2 Å². The van der Waals surface area contributed by atoms with Gasteiger partial charge >= 0.3 is 0 Å². The molecule has 1 aromatic heterocycles. The minimum absolute atomic E-state index is 0.0833. The first-order chi connectivity index (χ1) is 13.7. The average molecular weight is 383 g/mol. The van der Waals surface area contributed by atoms with Crippen LogP contribution in [0.2, 0.25) is 0 Å². The number of benzene rings is 1. The third-order valence-electron chi connectivity index (χ3n) is 6.84. The summed E-state index contributed by atoms with van der Waals surface area (Å²) < 4.78 is 5.49. The summed E-state index contributed by atoms with van der Waals surface area (Å²) >= 11 is 0. The van der Waals surface area contributed by atoms with Crippen LogP contribution in [0.25, 0.3) is 11.0 Å². The summed E-state index contributed by atoms with van der Waals surface area (Å²) in [5.41, 5.74) is 8.50. The number of amides is 1. The summed E-state index contributed by atoms with van der Waals surface area (Å²) in [7, 11) is 0. The van der Waals surface area contributed by atoms with E-state index in [1.54, 1.807) is 0 Å². The Hall–Kier alpha value is -1.96. The van der Waals surface area contributed by atoms with Crippen molar-refractivity contribution in [3.63, 3.8) is 0 Å². The van der Waals surface area contributed by atoms with Crippen molar-refractivity contribution in [1.82, 2.24) is 25.8 Å². The zero-order valence-corrected chi connectivity index (χ0v) is 16.4. The van der Waals surface area contributed by atoms with Gasteiger partial charge < -0.3 is 14.3 Å². The molecule has 2 N–H and O–H groups in total. The molecular weight excluding hydrogens is 354 g/mol. The molecule has 3 fully saturated rings. The second-order valence-electron chi connectivity index (χ2n) is 8.50. The molecule has 7 nitrogen and oxygen atoms in total. The van der Waals surface area contributed by atoms with E-state index in [-0.39, 0.29) is 12.0 Å². The standard InChI is InChI=1S/C21H29N5O2/c1-14-19-17(23-22-14)8-11-26(21(19)27)13-12-25-9-6-15(7-10-25)20-16-4-2-3-5-18(16)28-24-20/h2-5,14-15,17,19,22-23H,6-13H2,1H3. The summed E-state index contributed by atoms with van der Waals surface area (Å²) in [6.45, 7) is 6.87. The van der Waals surface area contributed by atoms with E-state index in [4.69, 9.17) is 4.52 Å². The second kappa shape index (κ2) is 7.46. The zero-order valence-electron chi connectivity index (χ0n) is 16.4. The summed E-state index contributed by atoms with van der Waals surface area (Å²) in [5.74, 6) is 0.860. The van der Waals surface area contributed by atoms with E-state index < -0.39 is 0 Å². The molecule has 0 bridgehead atoms. The van der Waals surface area contributed by atoms with Gasteiger partial charge in [0.2, 0.25) is 5.91 Å². The topological polar surface area (TPSA) is 73.6 Å². The van der Waals surface area contributed by atoms with Crippen LogP contribution in [0.1, 0.15) is 37.8 Å². The molecular formula is C21H29N5O2. The van der Waals surface area contributed by atoms with Crippen LogP contribution in [0.5, 0.6) is 0 Å². The normalized spacial score (nSPS) is 29.5. The first-order valence-electron chi connectivity index (χ1n) is 10.6. The molecule has 5 rings (SSSR count). The largest absolute Gasteiger partial charge is 0.356 e. The van der Waals surface area contributed by atoms with Crippen LogP contribution < -0.4 is 10.9 Å². The molecule has 0 saturated carbocycles. The highest BCUT2D eigenvalue weighted by Crippen LogP contribution is 2.32. The molecule has 150 valence electrons. The number of hydrogen-bond acceptors (Lipinski definition) is 6. The number of fused-ring (bicyclic) bond motifs is 2. The van der Waals surface area contributed by atoms with Crippen LogP contribution in [0, 0.1) is 5.92 Å². The van der Waals surface area contributed by atoms with Gasteiger partial charge in [0.1, 0.15) is 0 Å². The molecule has 3 aliphatic rings. The highest BCUT2D eigenvalue weighted by molar-refractivity contribution is 5.81. The van der Waals surface area contributed by atoms with Crippen molar-refractivity contribution in [2.75, 3.05) is 32.7 Å². The molecule has 2 aromatic rings. The van der Waals surface area contributed by atoms with Gasteiger partial charge in [-0.2, -0.15) is 0 Å². The van der Waals surface area contributed by atoms with Gasteiger partial charge in [-0.25, -0.2) is 0 Å². The van der Waals surface area contributed by atoms with Gasteiger partial charge in [0.25, 0.3) is 0 Å².